The number of nitrogens with zero attached hydrogens (tertiary/aromatic N) is 3. The molecule has 8 nitrogen and oxygen atoms in total. The van der Waals surface area contributed by atoms with E-state index in [0.717, 1.165) is 11.3 Å². The first-order valence-corrected chi connectivity index (χ1v) is 12.3. The molecule has 31 heavy (non-hydrogen) atoms. The van der Waals surface area contributed by atoms with Crippen LogP contribution in [-0.2, 0) is 10.0 Å². The second kappa shape index (κ2) is 7.68. The van der Waals surface area contributed by atoms with Crippen LogP contribution < -0.4 is 4.72 Å². The fraction of sp³-hybridized carbons (Fsp3) is 0. The Labute approximate surface area is 189 Å². The van der Waals surface area contributed by atoms with Crippen LogP contribution in [0.15, 0.2) is 69.2 Å². The van der Waals surface area contributed by atoms with Gasteiger partial charge >= 0.3 is 0 Å². The summed E-state index contributed by atoms with van der Waals surface area (Å²) in [7, 11) is -3.86. The van der Waals surface area contributed by atoms with E-state index in [0.29, 0.717) is 41.9 Å². The van der Waals surface area contributed by atoms with Crippen molar-refractivity contribution < 1.29 is 13.5 Å². The lowest BCUT2D eigenvalue weighted by Crippen LogP contribution is -2.11. The Hall–Kier alpha value is -2.86. The lowest BCUT2D eigenvalue weighted by Gasteiger charge is -2.14. The number of thiophene rings is 1. The first kappa shape index (κ1) is 20.1. The van der Waals surface area contributed by atoms with Gasteiger partial charge in [-0.1, -0.05) is 47.6 Å². The van der Waals surface area contributed by atoms with Gasteiger partial charge in [0.2, 0.25) is 0 Å². The summed E-state index contributed by atoms with van der Waals surface area (Å²) in [6, 6.07) is 11.6. The van der Waals surface area contributed by atoms with E-state index in [9.17, 15) is 13.5 Å². The van der Waals surface area contributed by atoms with Crippen LogP contribution in [0.2, 0.25) is 4.34 Å². The summed E-state index contributed by atoms with van der Waals surface area (Å²) < 4.78 is 28.9. The van der Waals surface area contributed by atoms with Crippen molar-refractivity contribution in [2.75, 3.05) is 4.72 Å². The molecule has 3 N–H and O–H groups in total. The van der Waals surface area contributed by atoms with E-state index >= 15 is 0 Å². The highest BCUT2D eigenvalue weighted by Gasteiger charge is 2.21. The zero-order chi connectivity index (χ0) is 21.6. The fourth-order valence-corrected chi connectivity index (χ4v) is 6.56. The molecule has 0 atom stereocenters. The number of H-pyrrole nitrogens is 1. The van der Waals surface area contributed by atoms with Gasteiger partial charge in [0, 0.05) is 10.8 Å². The summed E-state index contributed by atoms with van der Waals surface area (Å²) in [5.74, 6) is 0.0222. The number of aromatic nitrogens is 4. The second-order valence-corrected chi connectivity index (χ2v) is 11.0. The Morgan fingerprint density at radius 2 is 1.90 bits per heavy atom. The minimum atomic E-state index is -3.86. The molecule has 0 bridgehead atoms. The highest BCUT2D eigenvalue weighted by atomic mass is 35.5. The quantitative estimate of drug-likeness (QED) is 0.237. The van der Waals surface area contributed by atoms with Crippen LogP contribution in [0.4, 0.5) is 5.69 Å². The molecule has 156 valence electrons. The Kier molecular flexibility index (Phi) is 4.97. The van der Waals surface area contributed by atoms with Gasteiger partial charge < -0.3 is 10.1 Å². The van der Waals surface area contributed by atoms with Crippen molar-refractivity contribution in [3.8, 4) is 5.75 Å². The summed E-state index contributed by atoms with van der Waals surface area (Å²) in [5.41, 5.74) is 1.44. The van der Waals surface area contributed by atoms with Gasteiger partial charge in [0.25, 0.3) is 10.0 Å². The topological polar surface area (TPSA) is 121 Å². The van der Waals surface area contributed by atoms with Crippen LogP contribution >= 0.6 is 34.7 Å². The molecule has 2 aromatic carbocycles. The smallest absolute Gasteiger partial charge is 0.271 e. The Morgan fingerprint density at radius 3 is 2.68 bits per heavy atom. The standard InChI is InChI=1S/C19H12ClN5O3S3/c20-14-5-6-15(30-14)31(27,28)25-12-7-13(17(26)11-4-2-1-3-10(11)12)29-19-16-18(22-8-21-16)23-9-24-19/h1-9,25-26H,(H,21,22,23,24). The summed E-state index contributed by atoms with van der Waals surface area (Å²) in [4.78, 5) is 15.9. The molecule has 5 rings (SSSR count). The highest BCUT2D eigenvalue weighted by molar-refractivity contribution is 7.99. The molecule has 0 saturated heterocycles. The third-order valence-electron chi connectivity index (χ3n) is 4.43. The van der Waals surface area contributed by atoms with Gasteiger partial charge in [-0.15, -0.1) is 11.3 Å². The monoisotopic (exact) mass is 489 g/mol. The number of aromatic hydroxyl groups is 1. The zero-order valence-corrected chi connectivity index (χ0v) is 18.6. The van der Waals surface area contributed by atoms with Crippen molar-refractivity contribution in [2.24, 2.45) is 0 Å². The molecule has 3 heterocycles. The van der Waals surface area contributed by atoms with Crippen molar-refractivity contribution in [2.45, 2.75) is 14.1 Å². The van der Waals surface area contributed by atoms with Crippen LogP contribution in [0.25, 0.3) is 21.9 Å². The van der Waals surface area contributed by atoms with E-state index in [2.05, 4.69) is 24.7 Å². The molecule has 0 aliphatic heterocycles. The number of phenolic OH excluding ortho intramolecular Hbond substituents is 1. The Bertz CT molecular complexity index is 1550. The van der Waals surface area contributed by atoms with Crippen LogP contribution in [0.1, 0.15) is 0 Å². The first-order chi connectivity index (χ1) is 14.9. The molecule has 0 aliphatic rings. The van der Waals surface area contributed by atoms with E-state index in [4.69, 9.17) is 11.6 Å². The highest BCUT2D eigenvalue weighted by Crippen LogP contribution is 2.43. The van der Waals surface area contributed by atoms with Crippen LogP contribution in [-0.4, -0.2) is 33.5 Å². The van der Waals surface area contributed by atoms with Crippen molar-refractivity contribution in [3.63, 3.8) is 0 Å². The van der Waals surface area contributed by atoms with Crippen molar-refractivity contribution in [1.82, 2.24) is 19.9 Å². The fourth-order valence-electron chi connectivity index (χ4n) is 3.06. The van der Waals surface area contributed by atoms with E-state index in [1.165, 1.54) is 36.5 Å². The summed E-state index contributed by atoms with van der Waals surface area (Å²) in [6.45, 7) is 0. The number of hydrogen-bond acceptors (Lipinski definition) is 8. The lowest BCUT2D eigenvalue weighted by atomic mass is 10.1. The van der Waals surface area contributed by atoms with E-state index in [1.807, 2.05) is 0 Å². The molecular weight excluding hydrogens is 478 g/mol. The Morgan fingerprint density at radius 1 is 1.10 bits per heavy atom. The third kappa shape index (κ3) is 3.69. The predicted octanol–water partition coefficient (Wildman–Crippen LogP) is 4.88. The second-order valence-electron chi connectivity index (χ2n) is 6.36. The molecule has 0 saturated carbocycles. The number of phenols is 1. The molecule has 0 radical (unpaired) electrons. The molecule has 0 amide bonds. The van der Waals surface area contributed by atoms with E-state index in [1.54, 1.807) is 30.3 Å². The number of fused-ring (bicyclic) bond motifs is 2. The largest absolute Gasteiger partial charge is 0.506 e. The van der Waals surface area contributed by atoms with E-state index < -0.39 is 10.0 Å². The maximum Gasteiger partial charge on any atom is 0.271 e. The molecular formula is C19H12ClN5O3S3. The number of halogens is 1. The van der Waals surface area contributed by atoms with E-state index in [-0.39, 0.29) is 9.96 Å². The SMILES string of the molecule is O=S(=O)(Nc1cc(Sc2ncnc3nc[nH]c23)c(O)c2ccccc12)c1ccc(Cl)s1. The number of rotatable bonds is 5. The molecule has 0 spiro atoms. The van der Waals surface area contributed by atoms with Gasteiger partial charge in [-0.2, -0.15) is 0 Å². The number of nitrogens with one attached hydrogen (secondary N) is 2. The van der Waals surface area contributed by atoms with Gasteiger partial charge in [-0.3, -0.25) is 4.72 Å². The number of imidazole rings is 1. The third-order valence-corrected chi connectivity index (χ3v) is 8.56. The number of aromatic amines is 1. The number of hydrogen-bond donors (Lipinski definition) is 3. The molecule has 0 aliphatic carbocycles. The first-order valence-electron chi connectivity index (χ1n) is 8.77. The van der Waals surface area contributed by atoms with Crippen molar-refractivity contribution in [3.05, 3.63) is 59.5 Å². The van der Waals surface area contributed by atoms with Gasteiger partial charge in [0.1, 0.15) is 26.8 Å². The number of benzene rings is 2. The Balaban J connectivity index is 1.63. The average molecular weight is 490 g/mol. The normalized spacial score (nSPS) is 11.9. The van der Waals surface area contributed by atoms with Crippen LogP contribution in [0.3, 0.4) is 0 Å². The molecule has 5 aromatic rings. The van der Waals surface area contributed by atoms with Crippen LogP contribution in [0, 0.1) is 0 Å². The molecule has 3 aromatic heterocycles. The molecule has 0 fully saturated rings. The predicted molar refractivity (Wildman–Crippen MR) is 122 cm³/mol. The van der Waals surface area contributed by atoms with Gasteiger partial charge in [-0.05, 0) is 18.2 Å². The maximum atomic E-state index is 12.9. The summed E-state index contributed by atoms with van der Waals surface area (Å²) >= 11 is 8.05. The van der Waals surface area contributed by atoms with Gasteiger partial charge in [0.15, 0.2) is 5.65 Å². The van der Waals surface area contributed by atoms with Crippen molar-refractivity contribution in [1.29, 1.82) is 0 Å². The van der Waals surface area contributed by atoms with Crippen LogP contribution in [0.5, 0.6) is 5.75 Å². The molecule has 12 heteroatoms. The molecule has 0 unspecified atom stereocenters. The summed E-state index contributed by atoms with van der Waals surface area (Å²) in [6.07, 6.45) is 2.89. The minimum absolute atomic E-state index is 0.0222. The zero-order valence-electron chi connectivity index (χ0n) is 15.4. The number of anilines is 1. The maximum absolute atomic E-state index is 12.9. The summed E-state index contributed by atoms with van der Waals surface area (Å²) in [5, 5.41) is 12.5. The lowest BCUT2D eigenvalue weighted by molar-refractivity contribution is 0.469. The van der Waals surface area contributed by atoms with Gasteiger partial charge in [-0.25, -0.2) is 23.4 Å². The average Bonchev–Trinajstić information content (AvgIpc) is 3.41. The van der Waals surface area contributed by atoms with Gasteiger partial charge in [0.05, 0.1) is 21.2 Å². The number of sulfonamides is 1. The van der Waals surface area contributed by atoms with Crippen molar-refractivity contribution >= 4 is 72.3 Å². The minimum Gasteiger partial charge on any atom is -0.506 e.